The number of hydrogen-bond donors (Lipinski definition) is 0. The number of carbonyl (C=O) groups is 1. The first-order valence-electron chi connectivity index (χ1n) is 10.4. The molecule has 5 heteroatoms. The van der Waals surface area contributed by atoms with Crippen LogP contribution in [0.15, 0.2) is 79.0 Å². The summed E-state index contributed by atoms with van der Waals surface area (Å²) in [6.45, 7) is 5.27. The van der Waals surface area contributed by atoms with E-state index in [1.54, 1.807) is 13.1 Å². The van der Waals surface area contributed by atoms with Crippen molar-refractivity contribution in [3.8, 4) is 5.75 Å². The summed E-state index contributed by atoms with van der Waals surface area (Å²) in [5, 5.41) is 0. The van der Waals surface area contributed by atoms with Crippen molar-refractivity contribution in [2.24, 2.45) is 0 Å². The first-order valence-corrected chi connectivity index (χ1v) is 10.4. The van der Waals surface area contributed by atoms with Crippen LogP contribution in [-0.4, -0.2) is 40.3 Å². The van der Waals surface area contributed by atoms with Gasteiger partial charge in [0.2, 0.25) is 5.91 Å². The zero-order chi connectivity index (χ0) is 20.8. The quantitative estimate of drug-likeness (QED) is 0.625. The zero-order valence-electron chi connectivity index (χ0n) is 17.3. The number of para-hydroxylation sites is 1. The standard InChI is InChI=1S/C25H27N3O2/c1-20(29)28-16-15-27(18-24(28)21-9-3-2-4-10-21)17-22-11-5-6-13-25(22)30-19-23-12-7-8-14-26-23/h2-14,24H,15-19H2,1H3/t24-/m1/s1. The highest BCUT2D eigenvalue weighted by molar-refractivity contribution is 5.74. The Morgan fingerprint density at radius 1 is 1.00 bits per heavy atom. The van der Waals surface area contributed by atoms with E-state index in [0.717, 1.165) is 43.2 Å². The van der Waals surface area contributed by atoms with E-state index in [2.05, 4.69) is 28.1 Å². The number of benzene rings is 2. The number of amides is 1. The second-order valence-electron chi connectivity index (χ2n) is 7.59. The van der Waals surface area contributed by atoms with Crippen molar-refractivity contribution in [1.29, 1.82) is 0 Å². The number of hydrogen-bond acceptors (Lipinski definition) is 4. The molecule has 5 nitrogen and oxygen atoms in total. The minimum Gasteiger partial charge on any atom is -0.487 e. The van der Waals surface area contributed by atoms with E-state index in [9.17, 15) is 4.79 Å². The van der Waals surface area contributed by atoms with Gasteiger partial charge in [-0.3, -0.25) is 14.7 Å². The van der Waals surface area contributed by atoms with E-state index >= 15 is 0 Å². The van der Waals surface area contributed by atoms with Crippen LogP contribution in [0.4, 0.5) is 0 Å². The van der Waals surface area contributed by atoms with Crippen LogP contribution in [0.1, 0.15) is 29.8 Å². The van der Waals surface area contributed by atoms with Gasteiger partial charge in [0.05, 0.1) is 11.7 Å². The predicted octanol–water partition coefficient (Wildman–Crippen LogP) is 4.07. The second-order valence-corrected chi connectivity index (χ2v) is 7.59. The zero-order valence-corrected chi connectivity index (χ0v) is 17.3. The second kappa shape index (κ2) is 9.55. The molecular weight excluding hydrogens is 374 g/mol. The maximum Gasteiger partial charge on any atom is 0.220 e. The maximum atomic E-state index is 12.2. The summed E-state index contributed by atoms with van der Waals surface area (Å²) < 4.78 is 6.08. The normalized spacial score (nSPS) is 17.0. The van der Waals surface area contributed by atoms with Crippen molar-refractivity contribution in [2.75, 3.05) is 19.6 Å². The third kappa shape index (κ3) is 4.86. The van der Waals surface area contributed by atoms with Gasteiger partial charge in [-0.1, -0.05) is 54.6 Å². The van der Waals surface area contributed by atoms with Gasteiger partial charge in [-0.2, -0.15) is 0 Å². The highest BCUT2D eigenvalue weighted by atomic mass is 16.5. The van der Waals surface area contributed by atoms with Gasteiger partial charge in [-0.25, -0.2) is 0 Å². The minimum absolute atomic E-state index is 0.0686. The smallest absolute Gasteiger partial charge is 0.220 e. The fourth-order valence-electron chi connectivity index (χ4n) is 3.97. The molecule has 30 heavy (non-hydrogen) atoms. The number of carbonyl (C=O) groups excluding carboxylic acids is 1. The summed E-state index contributed by atoms with van der Waals surface area (Å²) >= 11 is 0. The number of ether oxygens (including phenoxy) is 1. The summed E-state index contributed by atoms with van der Waals surface area (Å²) in [6, 6.07) is 24.4. The van der Waals surface area contributed by atoms with Gasteiger partial charge in [0.15, 0.2) is 0 Å². The molecule has 2 heterocycles. The molecule has 1 aliphatic heterocycles. The molecule has 0 radical (unpaired) electrons. The minimum atomic E-state index is 0.0686. The molecule has 4 rings (SSSR count). The lowest BCUT2D eigenvalue weighted by Gasteiger charge is -2.41. The summed E-state index contributed by atoms with van der Waals surface area (Å²) in [6.07, 6.45) is 1.78. The summed E-state index contributed by atoms with van der Waals surface area (Å²) in [5.74, 6) is 1.01. The molecule has 3 aromatic rings. The molecule has 1 aromatic heterocycles. The molecule has 0 N–H and O–H groups in total. The van der Waals surface area contributed by atoms with Crippen LogP contribution >= 0.6 is 0 Å². The summed E-state index contributed by atoms with van der Waals surface area (Å²) in [4.78, 5) is 20.9. The number of piperazine rings is 1. The van der Waals surface area contributed by atoms with Crippen molar-refractivity contribution in [2.45, 2.75) is 26.1 Å². The van der Waals surface area contributed by atoms with E-state index in [0.29, 0.717) is 6.61 Å². The monoisotopic (exact) mass is 401 g/mol. The van der Waals surface area contributed by atoms with Crippen LogP contribution in [0.2, 0.25) is 0 Å². The Labute approximate surface area is 177 Å². The Balaban J connectivity index is 1.47. The van der Waals surface area contributed by atoms with Crippen LogP contribution in [0.25, 0.3) is 0 Å². The number of aromatic nitrogens is 1. The van der Waals surface area contributed by atoms with Crippen molar-refractivity contribution < 1.29 is 9.53 Å². The van der Waals surface area contributed by atoms with Crippen molar-refractivity contribution in [3.63, 3.8) is 0 Å². The van der Waals surface area contributed by atoms with Crippen LogP contribution in [-0.2, 0) is 17.9 Å². The Morgan fingerprint density at radius 3 is 2.53 bits per heavy atom. The third-order valence-corrected chi connectivity index (χ3v) is 5.52. The molecule has 0 unspecified atom stereocenters. The first kappa shape index (κ1) is 20.1. The maximum absolute atomic E-state index is 12.2. The SMILES string of the molecule is CC(=O)N1CCN(Cc2ccccc2OCc2ccccn2)C[C@@H]1c1ccccc1. The highest BCUT2D eigenvalue weighted by Crippen LogP contribution is 2.28. The van der Waals surface area contributed by atoms with Crippen LogP contribution in [0.3, 0.4) is 0 Å². The largest absolute Gasteiger partial charge is 0.487 e. The molecule has 1 amide bonds. The van der Waals surface area contributed by atoms with Gasteiger partial charge in [-0.15, -0.1) is 0 Å². The van der Waals surface area contributed by atoms with Gasteiger partial charge in [-0.05, 0) is 23.8 Å². The molecule has 0 saturated carbocycles. The fraction of sp³-hybridized carbons (Fsp3) is 0.280. The van der Waals surface area contributed by atoms with Crippen molar-refractivity contribution in [3.05, 3.63) is 95.8 Å². The number of nitrogens with zero attached hydrogens (tertiary/aromatic N) is 3. The van der Waals surface area contributed by atoms with Gasteiger partial charge in [0.1, 0.15) is 12.4 Å². The molecule has 1 atom stereocenters. The molecular formula is C25H27N3O2. The molecule has 1 aliphatic rings. The van der Waals surface area contributed by atoms with Crippen LogP contribution in [0.5, 0.6) is 5.75 Å². The van der Waals surface area contributed by atoms with E-state index < -0.39 is 0 Å². The summed E-state index contributed by atoms with van der Waals surface area (Å²) in [5.41, 5.74) is 3.24. The Kier molecular flexibility index (Phi) is 6.40. The molecule has 1 fully saturated rings. The lowest BCUT2D eigenvalue weighted by molar-refractivity contribution is -0.134. The summed E-state index contributed by atoms with van der Waals surface area (Å²) in [7, 11) is 0. The number of pyridine rings is 1. The topological polar surface area (TPSA) is 45.7 Å². The Bertz CT molecular complexity index is 962. The molecule has 0 spiro atoms. The first-order chi connectivity index (χ1) is 14.7. The van der Waals surface area contributed by atoms with E-state index in [1.165, 1.54) is 5.56 Å². The van der Waals surface area contributed by atoms with Crippen LogP contribution in [0, 0.1) is 0 Å². The average molecular weight is 402 g/mol. The molecule has 154 valence electrons. The van der Waals surface area contributed by atoms with Gasteiger partial charge < -0.3 is 9.64 Å². The van der Waals surface area contributed by atoms with E-state index in [1.807, 2.05) is 59.5 Å². The molecule has 0 aliphatic carbocycles. The Hall–Kier alpha value is -3.18. The molecule has 0 bridgehead atoms. The number of rotatable bonds is 6. The van der Waals surface area contributed by atoms with Gasteiger partial charge in [0.25, 0.3) is 0 Å². The Morgan fingerprint density at radius 2 is 1.77 bits per heavy atom. The van der Waals surface area contributed by atoms with Crippen molar-refractivity contribution in [1.82, 2.24) is 14.8 Å². The fourth-order valence-corrected chi connectivity index (χ4v) is 3.97. The lowest BCUT2D eigenvalue weighted by Crippen LogP contribution is -2.49. The van der Waals surface area contributed by atoms with Crippen LogP contribution < -0.4 is 4.74 Å². The molecule has 1 saturated heterocycles. The third-order valence-electron chi connectivity index (χ3n) is 5.52. The lowest BCUT2D eigenvalue weighted by atomic mass is 10.0. The highest BCUT2D eigenvalue weighted by Gasteiger charge is 2.30. The van der Waals surface area contributed by atoms with E-state index in [4.69, 9.17) is 4.74 Å². The average Bonchev–Trinajstić information content (AvgIpc) is 2.79. The van der Waals surface area contributed by atoms with Crippen molar-refractivity contribution >= 4 is 5.91 Å². The van der Waals surface area contributed by atoms with Gasteiger partial charge in [0, 0.05) is 44.9 Å². The predicted molar refractivity (Wildman–Crippen MR) is 117 cm³/mol. The van der Waals surface area contributed by atoms with E-state index in [-0.39, 0.29) is 11.9 Å². The van der Waals surface area contributed by atoms with Gasteiger partial charge >= 0.3 is 0 Å². The molecule has 2 aromatic carbocycles.